The molecule has 0 atom stereocenters. The molecule has 7 heteroatoms. The van der Waals surface area contributed by atoms with Crippen molar-refractivity contribution in [2.75, 3.05) is 13.1 Å². The third-order valence-corrected chi connectivity index (χ3v) is 4.02. The number of imidazole rings is 1. The summed E-state index contributed by atoms with van der Waals surface area (Å²) in [6, 6.07) is 1.29. The molecule has 0 aromatic carbocycles. The molecule has 1 saturated heterocycles. The Balaban J connectivity index is 1.50. The predicted molar refractivity (Wildman–Crippen MR) is 74.1 cm³/mol. The Morgan fingerprint density at radius 3 is 2.71 bits per heavy atom. The van der Waals surface area contributed by atoms with Gasteiger partial charge in [-0.2, -0.15) is 0 Å². The van der Waals surface area contributed by atoms with Crippen LogP contribution in [-0.2, 0) is 0 Å². The van der Waals surface area contributed by atoms with E-state index < -0.39 is 0 Å². The first kappa shape index (κ1) is 12.3. The molecular weight excluding hydrogens is 270 g/mol. The number of rotatable bonds is 3. The first-order valence-electron chi connectivity index (χ1n) is 7.10. The van der Waals surface area contributed by atoms with E-state index in [0.717, 1.165) is 18.7 Å². The summed E-state index contributed by atoms with van der Waals surface area (Å²) < 4.78 is 0. The molecule has 21 heavy (non-hydrogen) atoms. The summed E-state index contributed by atoms with van der Waals surface area (Å²) in [5.41, 5.74) is -0.00287. The van der Waals surface area contributed by atoms with Crippen LogP contribution in [0.1, 0.15) is 46.8 Å². The van der Waals surface area contributed by atoms with Crippen molar-refractivity contribution >= 4 is 5.91 Å². The van der Waals surface area contributed by atoms with Gasteiger partial charge < -0.3 is 14.9 Å². The summed E-state index contributed by atoms with van der Waals surface area (Å²) in [6.45, 7) is 1.22. The molecule has 2 fully saturated rings. The maximum Gasteiger partial charge on any atom is 0.272 e. The summed E-state index contributed by atoms with van der Waals surface area (Å²) >= 11 is 0. The topological polar surface area (TPSA) is 94.7 Å². The molecule has 2 aliphatic rings. The first-order chi connectivity index (χ1) is 10.2. The number of carbonyl (C=O) groups is 1. The Hall–Kier alpha value is -2.44. The molecule has 1 aliphatic carbocycles. The maximum absolute atomic E-state index is 12.4. The lowest BCUT2D eigenvalue weighted by molar-refractivity contribution is 0.0588. The standard InChI is InChI=1S/C14H15N5O2/c20-11-5-10(17-13(18-11)8-1-2-8)14(21)19-6-9(7-19)12-15-3-4-16-12/h3-5,8-9H,1-2,6-7H2,(H,15,16)(H,17,18,20). The molecule has 1 saturated carbocycles. The summed E-state index contributed by atoms with van der Waals surface area (Å²) in [5.74, 6) is 1.93. The Labute approximate surface area is 120 Å². The average Bonchev–Trinajstić information content (AvgIpc) is 3.14. The maximum atomic E-state index is 12.4. The molecule has 1 amide bonds. The molecule has 2 N–H and O–H groups in total. The number of carbonyl (C=O) groups excluding carboxylic acids is 1. The van der Waals surface area contributed by atoms with E-state index in [1.807, 2.05) is 0 Å². The Kier molecular flexibility index (Phi) is 2.66. The van der Waals surface area contributed by atoms with E-state index in [-0.39, 0.29) is 23.1 Å². The fraction of sp³-hybridized carbons (Fsp3) is 0.429. The minimum Gasteiger partial charge on any atom is -0.348 e. The van der Waals surface area contributed by atoms with E-state index in [4.69, 9.17) is 0 Å². The SMILES string of the molecule is O=C(c1cc(=O)[nH]c(C2CC2)n1)N1CC(c2ncc[nH]2)C1. The highest BCUT2D eigenvalue weighted by Gasteiger charge is 2.35. The van der Waals surface area contributed by atoms with Crippen LogP contribution >= 0.6 is 0 Å². The van der Waals surface area contributed by atoms with Crippen LogP contribution < -0.4 is 5.56 Å². The molecular formula is C14H15N5O2. The quantitative estimate of drug-likeness (QED) is 0.863. The van der Waals surface area contributed by atoms with Gasteiger partial charge in [0.25, 0.3) is 11.5 Å². The molecule has 2 aromatic rings. The zero-order chi connectivity index (χ0) is 14.4. The van der Waals surface area contributed by atoms with Gasteiger partial charge >= 0.3 is 0 Å². The third kappa shape index (κ3) is 2.24. The second-order valence-electron chi connectivity index (χ2n) is 5.67. The first-order valence-corrected chi connectivity index (χ1v) is 7.10. The number of amides is 1. The summed E-state index contributed by atoms with van der Waals surface area (Å²) in [6.07, 6.45) is 5.55. The normalized spacial score (nSPS) is 18.6. The van der Waals surface area contributed by atoms with Gasteiger partial charge in [0, 0.05) is 37.5 Å². The fourth-order valence-corrected chi connectivity index (χ4v) is 2.62. The monoisotopic (exact) mass is 285 g/mol. The van der Waals surface area contributed by atoms with E-state index in [1.165, 1.54) is 6.07 Å². The van der Waals surface area contributed by atoms with Crippen molar-refractivity contribution in [1.82, 2.24) is 24.8 Å². The van der Waals surface area contributed by atoms with Crippen LogP contribution in [0.4, 0.5) is 0 Å². The fourth-order valence-electron chi connectivity index (χ4n) is 2.62. The smallest absolute Gasteiger partial charge is 0.272 e. The van der Waals surface area contributed by atoms with E-state index in [2.05, 4.69) is 19.9 Å². The van der Waals surface area contributed by atoms with Crippen molar-refractivity contribution < 1.29 is 4.79 Å². The van der Waals surface area contributed by atoms with Crippen LogP contribution in [0.2, 0.25) is 0 Å². The van der Waals surface area contributed by atoms with Gasteiger partial charge in [-0.1, -0.05) is 0 Å². The highest BCUT2D eigenvalue weighted by atomic mass is 16.2. The Bertz CT molecular complexity index is 726. The van der Waals surface area contributed by atoms with Gasteiger partial charge in [0.2, 0.25) is 0 Å². The van der Waals surface area contributed by atoms with Crippen LogP contribution in [0, 0.1) is 0 Å². The molecule has 0 unspecified atom stereocenters. The van der Waals surface area contributed by atoms with E-state index in [1.54, 1.807) is 17.3 Å². The highest BCUT2D eigenvalue weighted by molar-refractivity contribution is 5.92. The molecule has 0 bridgehead atoms. The molecule has 0 spiro atoms. The zero-order valence-corrected chi connectivity index (χ0v) is 11.4. The summed E-state index contributed by atoms with van der Waals surface area (Å²) in [5, 5.41) is 0. The number of aromatic amines is 2. The number of hydrogen-bond donors (Lipinski definition) is 2. The van der Waals surface area contributed by atoms with Crippen LogP contribution in [0.5, 0.6) is 0 Å². The molecule has 108 valence electrons. The van der Waals surface area contributed by atoms with Gasteiger partial charge in [0.1, 0.15) is 17.3 Å². The molecule has 3 heterocycles. The van der Waals surface area contributed by atoms with Gasteiger partial charge in [-0.15, -0.1) is 0 Å². The summed E-state index contributed by atoms with van der Waals surface area (Å²) in [4.78, 5) is 40.0. The van der Waals surface area contributed by atoms with Gasteiger partial charge in [-0.3, -0.25) is 9.59 Å². The van der Waals surface area contributed by atoms with E-state index in [9.17, 15) is 9.59 Å². The van der Waals surface area contributed by atoms with Crippen molar-refractivity contribution in [3.63, 3.8) is 0 Å². The Morgan fingerprint density at radius 2 is 2.05 bits per heavy atom. The average molecular weight is 285 g/mol. The van der Waals surface area contributed by atoms with E-state index >= 15 is 0 Å². The van der Waals surface area contributed by atoms with Gasteiger partial charge in [-0.05, 0) is 12.8 Å². The number of likely N-dealkylation sites (tertiary alicyclic amines) is 1. The van der Waals surface area contributed by atoms with Crippen LogP contribution in [0.15, 0.2) is 23.3 Å². The summed E-state index contributed by atoms with van der Waals surface area (Å²) in [7, 11) is 0. The zero-order valence-electron chi connectivity index (χ0n) is 11.4. The van der Waals surface area contributed by atoms with Crippen LogP contribution in [0.3, 0.4) is 0 Å². The van der Waals surface area contributed by atoms with Crippen molar-refractivity contribution in [1.29, 1.82) is 0 Å². The second-order valence-corrected chi connectivity index (χ2v) is 5.67. The largest absolute Gasteiger partial charge is 0.348 e. The van der Waals surface area contributed by atoms with Gasteiger partial charge in [0.15, 0.2) is 0 Å². The number of hydrogen-bond acceptors (Lipinski definition) is 4. The minimum atomic E-state index is -0.252. The molecule has 7 nitrogen and oxygen atoms in total. The molecule has 2 aromatic heterocycles. The molecule has 4 rings (SSSR count). The van der Waals surface area contributed by atoms with Crippen molar-refractivity contribution in [3.8, 4) is 0 Å². The predicted octanol–water partition coefficient (Wildman–Crippen LogP) is 0.610. The number of H-pyrrole nitrogens is 2. The van der Waals surface area contributed by atoms with E-state index in [0.29, 0.717) is 24.8 Å². The third-order valence-electron chi connectivity index (χ3n) is 4.02. The van der Waals surface area contributed by atoms with Crippen LogP contribution in [0.25, 0.3) is 0 Å². The highest BCUT2D eigenvalue weighted by Crippen LogP contribution is 2.37. The second kappa shape index (κ2) is 4.54. The van der Waals surface area contributed by atoms with Gasteiger partial charge in [-0.25, -0.2) is 9.97 Å². The van der Waals surface area contributed by atoms with Crippen LogP contribution in [-0.4, -0.2) is 43.8 Å². The molecule has 1 aliphatic heterocycles. The minimum absolute atomic E-state index is 0.175. The molecule has 0 radical (unpaired) electrons. The number of nitrogens with one attached hydrogen (secondary N) is 2. The Morgan fingerprint density at radius 1 is 1.24 bits per heavy atom. The lowest BCUT2D eigenvalue weighted by Crippen LogP contribution is -2.49. The van der Waals surface area contributed by atoms with Crippen molar-refractivity contribution in [2.24, 2.45) is 0 Å². The number of nitrogens with zero attached hydrogens (tertiary/aromatic N) is 3. The lowest BCUT2D eigenvalue weighted by atomic mass is 9.99. The van der Waals surface area contributed by atoms with Gasteiger partial charge in [0.05, 0.1) is 5.92 Å². The van der Waals surface area contributed by atoms with Crippen molar-refractivity contribution in [3.05, 3.63) is 46.2 Å². The van der Waals surface area contributed by atoms with Crippen molar-refractivity contribution in [2.45, 2.75) is 24.7 Å². The lowest BCUT2D eigenvalue weighted by Gasteiger charge is -2.37. The number of aromatic nitrogens is 4.